The molecule has 1 atom stereocenters. The Morgan fingerprint density at radius 3 is 2.22 bits per heavy atom. The molecule has 136 valence electrons. The van der Waals surface area contributed by atoms with Crippen LogP contribution in [0, 0.1) is 32.6 Å². The number of hydrogen-bond donors (Lipinski definition) is 1. The van der Waals surface area contributed by atoms with Crippen LogP contribution >= 0.6 is 0 Å². The third-order valence-electron chi connectivity index (χ3n) is 5.04. The average molecular weight is 354 g/mol. The molecule has 1 heteroatoms. The van der Waals surface area contributed by atoms with Crippen molar-refractivity contribution in [1.82, 2.24) is 0 Å². The second kappa shape index (κ2) is 8.71. The summed E-state index contributed by atoms with van der Waals surface area (Å²) in [5.41, 5.74) is 14.4. The fourth-order valence-corrected chi connectivity index (χ4v) is 3.20. The van der Waals surface area contributed by atoms with Crippen LogP contribution in [0.2, 0.25) is 0 Å². The van der Waals surface area contributed by atoms with Gasteiger partial charge in [-0.25, -0.2) is 0 Å². The van der Waals surface area contributed by atoms with Crippen LogP contribution in [0.3, 0.4) is 0 Å². The van der Waals surface area contributed by atoms with Crippen LogP contribution in [0.4, 0.5) is 0 Å². The summed E-state index contributed by atoms with van der Waals surface area (Å²) in [6.45, 7) is 7.02. The first-order valence-electron chi connectivity index (χ1n) is 9.48. The maximum Gasteiger partial charge on any atom is 0.0496 e. The van der Waals surface area contributed by atoms with Crippen molar-refractivity contribution in [3.8, 4) is 11.8 Å². The lowest BCUT2D eigenvalue weighted by atomic mass is 9.90. The molecule has 0 amide bonds. The van der Waals surface area contributed by atoms with E-state index in [0.29, 0.717) is 6.54 Å². The average Bonchev–Trinajstić information content (AvgIpc) is 2.68. The topological polar surface area (TPSA) is 26.0 Å². The van der Waals surface area contributed by atoms with Crippen molar-refractivity contribution in [2.45, 2.75) is 39.7 Å². The maximum atomic E-state index is 5.68. The quantitative estimate of drug-likeness (QED) is 0.620. The van der Waals surface area contributed by atoms with Gasteiger partial charge in [0.05, 0.1) is 0 Å². The zero-order valence-electron chi connectivity index (χ0n) is 16.4. The summed E-state index contributed by atoms with van der Waals surface area (Å²) in [6, 6.07) is 23.6. The van der Waals surface area contributed by atoms with Crippen molar-refractivity contribution < 1.29 is 0 Å². The Balaban J connectivity index is 1.92. The zero-order valence-corrected chi connectivity index (χ0v) is 16.4. The van der Waals surface area contributed by atoms with Crippen LogP contribution in [0.1, 0.15) is 44.9 Å². The normalized spacial score (nSPS) is 11.6. The third-order valence-corrected chi connectivity index (χ3v) is 5.04. The van der Waals surface area contributed by atoms with E-state index < -0.39 is 0 Å². The summed E-state index contributed by atoms with van der Waals surface area (Å²) in [6.07, 6.45) is 0.915. The smallest absolute Gasteiger partial charge is 0.0496 e. The molecule has 3 aromatic rings. The number of benzene rings is 3. The van der Waals surface area contributed by atoms with Crippen molar-refractivity contribution in [2.75, 3.05) is 0 Å². The van der Waals surface area contributed by atoms with Gasteiger partial charge in [-0.05, 0) is 67.1 Å². The lowest BCUT2D eigenvalue weighted by molar-refractivity contribution is 0.859. The molecular weight excluding hydrogens is 326 g/mol. The summed E-state index contributed by atoms with van der Waals surface area (Å²) in [4.78, 5) is 0. The molecule has 0 aliphatic heterocycles. The van der Waals surface area contributed by atoms with Gasteiger partial charge in [0.2, 0.25) is 0 Å². The Morgan fingerprint density at radius 2 is 1.56 bits per heavy atom. The highest BCUT2D eigenvalue weighted by Gasteiger charge is 2.11. The predicted molar refractivity (Wildman–Crippen MR) is 115 cm³/mol. The van der Waals surface area contributed by atoms with Gasteiger partial charge in [0.25, 0.3) is 0 Å². The Labute approximate surface area is 163 Å². The van der Waals surface area contributed by atoms with E-state index in [1.54, 1.807) is 0 Å². The van der Waals surface area contributed by atoms with E-state index in [1.807, 2.05) is 0 Å². The van der Waals surface area contributed by atoms with Crippen molar-refractivity contribution in [1.29, 1.82) is 0 Å². The molecule has 0 spiro atoms. The second-order valence-corrected chi connectivity index (χ2v) is 7.26. The highest BCUT2D eigenvalue weighted by molar-refractivity contribution is 5.41. The Bertz CT molecular complexity index is 971. The molecule has 0 aromatic heterocycles. The van der Waals surface area contributed by atoms with Crippen LogP contribution in [-0.4, -0.2) is 0 Å². The van der Waals surface area contributed by atoms with E-state index in [-0.39, 0.29) is 5.92 Å². The monoisotopic (exact) mass is 353 g/mol. The van der Waals surface area contributed by atoms with Gasteiger partial charge in [0.15, 0.2) is 0 Å². The first kappa shape index (κ1) is 19.0. The molecule has 0 saturated heterocycles. The molecule has 0 aliphatic rings. The third kappa shape index (κ3) is 5.09. The first-order valence-corrected chi connectivity index (χ1v) is 9.48. The number of hydrogen-bond acceptors (Lipinski definition) is 1. The highest BCUT2D eigenvalue weighted by atomic mass is 14.5. The molecule has 0 radical (unpaired) electrons. The SMILES string of the molecule is Cc1cccc(C(C#Cc2ccc(CN)cc2)Cc2ccc(C)c(C)c2)c1. The van der Waals surface area contributed by atoms with Gasteiger partial charge < -0.3 is 5.73 Å². The molecule has 3 aromatic carbocycles. The minimum atomic E-state index is 0.168. The van der Waals surface area contributed by atoms with Gasteiger partial charge in [-0.1, -0.05) is 72.0 Å². The molecule has 0 heterocycles. The fraction of sp³-hybridized carbons (Fsp3) is 0.231. The molecule has 0 fully saturated rings. The van der Waals surface area contributed by atoms with Crippen LogP contribution in [0.15, 0.2) is 66.7 Å². The van der Waals surface area contributed by atoms with Gasteiger partial charge >= 0.3 is 0 Å². The van der Waals surface area contributed by atoms with E-state index in [2.05, 4.69) is 99.3 Å². The summed E-state index contributed by atoms with van der Waals surface area (Å²) >= 11 is 0. The lowest BCUT2D eigenvalue weighted by Crippen LogP contribution is -2.02. The number of rotatable bonds is 4. The summed E-state index contributed by atoms with van der Waals surface area (Å²) in [5, 5.41) is 0. The van der Waals surface area contributed by atoms with Crippen LogP contribution in [-0.2, 0) is 13.0 Å². The maximum absolute atomic E-state index is 5.68. The summed E-state index contributed by atoms with van der Waals surface area (Å²) in [7, 11) is 0. The van der Waals surface area contributed by atoms with Crippen molar-refractivity contribution in [2.24, 2.45) is 5.73 Å². The predicted octanol–water partition coefficient (Wildman–Crippen LogP) is 5.45. The zero-order chi connectivity index (χ0) is 19.2. The Morgan fingerprint density at radius 1 is 0.815 bits per heavy atom. The molecule has 1 unspecified atom stereocenters. The fourth-order valence-electron chi connectivity index (χ4n) is 3.20. The molecule has 3 rings (SSSR count). The van der Waals surface area contributed by atoms with E-state index in [9.17, 15) is 0 Å². The Kier molecular flexibility index (Phi) is 6.12. The molecule has 27 heavy (non-hydrogen) atoms. The van der Waals surface area contributed by atoms with E-state index in [4.69, 9.17) is 5.73 Å². The number of aryl methyl sites for hydroxylation is 3. The minimum absolute atomic E-state index is 0.168. The molecule has 2 N–H and O–H groups in total. The van der Waals surface area contributed by atoms with Crippen LogP contribution in [0.25, 0.3) is 0 Å². The first-order chi connectivity index (χ1) is 13.0. The lowest BCUT2D eigenvalue weighted by Gasteiger charge is -2.13. The van der Waals surface area contributed by atoms with E-state index in [1.165, 1.54) is 27.8 Å². The standard InChI is InChI=1S/C26H27N/c1-19-5-4-6-25(15-19)26(17-24-8-7-20(2)21(3)16-24)14-13-22-9-11-23(18-27)12-10-22/h4-12,15-16,26H,17-18,27H2,1-3H3. The van der Waals surface area contributed by atoms with Gasteiger partial charge in [-0.3, -0.25) is 0 Å². The molecule has 1 nitrogen and oxygen atoms in total. The van der Waals surface area contributed by atoms with Crippen molar-refractivity contribution in [3.05, 3.63) is 106 Å². The van der Waals surface area contributed by atoms with E-state index >= 15 is 0 Å². The summed E-state index contributed by atoms with van der Waals surface area (Å²) in [5.74, 6) is 7.06. The minimum Gasteiger partial charge on any atom is -0.326 e. The molecular formula is C26H27N. The van der Waals surface area contributed by atoms with E-state index in [0.717, 1.165) is 17.5 Å². The molecule has 0 bridgehead atoms. The van der Waals surface area contributed by atoms with Crippen molar-refractivity contribution >= 4 is 0 Å². The summed E-state index contributed by atoms with van der Waals surface area (Å²) < 4.78 is 0. The van der Waals surface area contributed by atoms with Crippen LogP contribution < -0.4 is 5.73 Å². The molecule has 0 saturated carbocycles. The number of nitrogens with two attached hydrogens (primary N) is 1. The van der Waals surface area contributed by atoms with Gasteiger partial charge in [0, 0.05) is 18.0 Å². The molecule has 0 aliphatic carbocycles. The van der Waals surface area contributed by atoms with Crippen molar-refractivity contribution in [3.63, 3.8) is 0 Å². The second-order valence-electron chi connectivity index (χ2n) is 7.26. The van der Waals surface area contributed by atoms with Gasteiger partial charge in [0.1, 0.15) is 0 Å². The largest absolute Gasteiger partial charge is 0.326 e. The van der Waals surface area contributed by atoms with Gasteiger partial charge in [-0.2, -0.15) is 0 Å². The van der Waals surface area contributed by atoms with Crippen LogP contribution in [0.5, 0.6) is 0 Å². The Hall–Kier alpha value is -2.82. The van der Waals surface area contributed by atoms with Gasteiger partial charge in [-0.15, -0.1) is 0 Å². The highest BCUT2D eigenvalue weighted by Crippen LogP contribution is 2.23.